The Balaban J connectivity index is 1.99. The maximum atomic E-state index is 8.77. The van der Waals surface area contributed by atoms with Gasteiger partial charge in [0.25, 0.3) is 0 Å². The first kappa shape index (κ1) is 11.2. The Bertz CT molecular complexity index is 752. The lowest BCUT2D eigenvalue weighted by molar-refractivity contribution is 1.05. The molecular formula is C15H10N4. The summed E-state index contributed by atoms with van der Waals surface area (Å²) in [6.45, 7) is 0. The van der Waals surface area contributed by atoms with Crippen LogP contribution in [0.5, 0.6) is 0 Å². The van der Waals surface area contributed by atoms with Gasteiger partial charge in [-0.25, -0.2) is 0 Å². The van der Waals surface area contributed by atoms with Crippen molar-refractivity contribution in [3.63, 3.8) is 0 Å². The van der Waals surface area contributed by atoms with Gasteiger partial charge < -0.3 is 5.32 Å². The molecule has 1 N–H and O–H groups in total. The summed E-state index contributed by atoms with van der Waals surface area (Å²) >= 11 is 0. The second kappa shape index (κ2) is 4.75. The Kier molecular flexibility index (Phi) is 2.79. The minimum Gasteiger partial charge on any atom is -0.338 e. The molecule has 4 nitrogen and oxygen atoms in total. The number of aromatic nitrogens is 2. The van der Waals surface area contributed by atoms with Crippen molar-refractivity contribution in [1.82, 2.24) is 10.2 Å². The number of rotatable bonds is 2. The molecule has 0 amide bonds. The Morgan fingerprint density at radius 1 is 1.00 bits per heavy atom. The third kappa shape index (κ3) is 2.22. The fourth-order valence-electron chi connectivity index (χ4n) is 1.89. The molecule has 0 aliphatic carbocycles. The topological polar surface area (TPSA) is 61.6 Å². The molecule has 0 spiro atoms. The number of hydrogen-bond acceptors (Lipinski definition) is 4. The Hall–Kier alpha value is -2.93. The highest BCUT2D eigenvalue weighted by Crippen LogP contribution is 2.23. The van der Waals surface area contributed by atoms with Crippen molar-refractivity contribution in [2.24, 2.45) is 0 Å². The van der Waals surface area contributed by atoms with Crippen molar-refractivity contribution in [3.05, 3.63) is 60.3 Å². The van der Waals surface area contributed by atoms with E-state index in [1.54, 1.807) is 18.3 Å². The fourth-order valence-corrected chi connectivity index (χ4v) is 1.89. The summed E-state index contributed by atoms with van der Waals surface area (Å²) in [5, 5.41) is 22.1. The van der Waals surface area contributed by atoms with Crippen molar-refractivity contribution in [2.75, 3.05) is 5.32 Å². The molecule has 0 bridgehead atoms. The van der Waals surface area contributed by atoms with Gasteiger partial charge in [0, 0.05) is 16.5 Å². The summed E-state index contributed by atoms with van der Waals surface area (Å²) in [4.78, 5) is 0. The number of nitrogens with zero attached hydrogens (tertiary/aromatic N) is 3. The molecule has 2 aromatic carbocycles. The van der Waals surface area contributed by atoms with E-state index in [0.717, 1.165) is 16.5 Å². The Labute approximate surface area is 110 Å². The van der Waals surface area contributed by atoms with Crippen molar-refractivity contribution >= 4 is 22.3 Å². The molecule has 0 unspecified atom stereocenters. The molecule has 3 aromatic rings. The summed E-state index contributed by atoms with van der Waals surface area (Å²) in [7, 11) is 0. The lowest BCUT2D eigenvalue weighted by atomic mass is 10.2. The van der Waals surface area contributed by atoms with E-state index in [2.05, 4.69) is 21.6 Å². The molecular weight excluding hydrogens is 236 g/mol. The number of benzene rings is 2. The van der Waals surface area contributed by atoms with Gasteiger partial charge >= 0.3 is 0 Å². The molecule has 0 atom stereocenters. The molecule has 4 heteroatoms. The van der Waals surface area contributed by atoms with E-state index in [1.807, 2.05) is 36.4 Å². The van der Waals surface area contributed by atoms with Gasteiger partial charge in [-0.1, -0.05) is 24.3 Å². The standard InChI is InChI=1S/C15H10N4/c16-9-11-5-7-13(8-6-11)18-15-14-4-2-1-3-12(14)10-17-19-15/h1-8,10H,(H,18,19). The molecule has 1 heterocycles. The average Bonchev–Trinajstić information content (AvgIpc) is 2.48. The molecule has 0 aliphatic heterocycles. The summed E-state index contributed by atoms with van der Waals surface area (Å²) in [5.74, 6) is 0.711. The SMILES string of the molecule is N#Cc1ccc(Nc2nncc3ccccc23)cc1. The predicted molar refractivity (Wildman–Crippen MR) is 74.0 cm³/mol. The summed E-state index contributed by atoms with van der Waals surface area (Å²) in [6, 6.07) is 17.2. The van der Waals surface area contributed by atoms with Crippen LogP contribution < -0.4 is 5.32 Å². The molecule has 0 saturated heterocycles. The van der Waals surface area contributed by atoms with Crippen LogP contribution in [0.15, 0.2) is 54.7 Å². The summed E-state index contributed by atoms with van der Waals surface area (Å²) < 4.78 is 0. The van der Waals surface area contributed by atoms with Crippen LogP contribution in [0.1, 0.15) is 5.56 Å². The predicted octanol–water partition coefficient (Wildman–Crippen LogP) is 3.25. The van der Waals surface area contributed by atoms with E-state index in [4.69, 9.17) is 5.26 Å². The average molecular weight is 246 g/mol. The normalized spacial score (nSPS) is 10.1. The van der Waals surface area contributed by atoms with E-state index >= 15 is 0 Å². The van der Waals surface area contributed by atoms with Crippen LogP contribution in [-0.2, 0) is 0 Å². The molecule has 90 valence electrons. The second-order valence-corrected chi connectivity index (χ2v) is 4.09. The fraction of sp³-hybridized carbons (Fsp3) is 0. The monoisotopic (exact) mass is 246 g/mol. The molecule has 0 radical (unpaired) electrons. The third-order valence-electron chi connectivity index (χ3n) is 2.85. The first-order valence-corrected chi connectivity index (χ1v) is 5.84. The lowest BCUT2D eigenvalue weighted by Crippen LogP contribution is -1.96. The van der Waals surface area contributed by atoms with Gasteiger partial charge in [-0.3, -0.25) is 0 Å². The van der Waals surface area contributed by atoms with Crippen LogP contribution in [0.25, 0.3) is 10.8 Å². The highest BCUT2D eigenvalue weighted by molar-refractivity contribution is 5.92. The maximum Gasteiger partial charge on any atom is 0.160 e. The van der Waals surface area contributed by atoms with Gasteiger partial charge in [-0.05, 0) is 24.3 Å². The molecule has 19 heavy (non-hydrogen) atoms. The van der Waals surface area contributed by atoms with E-state index in [-0.39, 0.29) is 0 Å². The number of nitriles is 1. The van der Waals surface area contributed by atoms with E-state index in [0.29, 0.717) is 11.4 Å². The van der Waals surface area contributed by atoms with Gasteiger partial charge in [0.1, 0.15) is 0 Å². The zero-order valence-corrected chi connectivity index (χ0v) is 10.0. The maximum absolute atomic E-state index is 8.77. The zero-order chi connectivity index (χ0) is 13.1. The van der Waals surface area contributed by atoms with Crippen LogP contribution in [0, 0.1) is 11.3 Å². The molecule has 1 aromatic heterocycles. The van der Waals surface area contributed by atoms with Crippen LogP contribution in [0.4, 0.5) is 11.5 Å². The third-order valence-corrected chi connectivity index (χ3v) is 2.85. The number of anilines is 2. The Morgan fingerprint density at radius 2 is 1.79 bits per heavy atom. The smallest absolute Gasteiger partial charge is 0.160 e. The second-order valence-electron chi connectivity index (χ2n) is 4.09. The van der Waals surface area contributed by atoms with E-state index in [1.165, 1.54) is 0 Å². The van der Waals surface area contributed by atoms with E-state index in [9.17, 15) is 0 Å². The van der Waals surface area contributed by atoms with Gasteiger partial charge in [-0.15, -0.1) is 5.10 Å². The summed E-state index contributed by atoms with van der Waals surface area (Å²) in [6.07, 6.45) is 1.74. The van der Waals surface area contributed by atoms with Crippen LogP contribution in [-0.4, -0.2) is 10.2 Å². The van der Waals surface area contributed by atoms with Gasteiger partial charge in [0.2, 0.25) is 0 Å². The van der Waals surface area contributed by atoms with Crippen LogP contribution in [0.3, 0.4) is 0 Å². The van der Waals surface area contributed by atoms with Gasteiger partial charge in [0.05, 0.1) is 17.8 Å². The molecule has 3 rings (SSSR count). The largest absolute Gasteiger partial charge is 0.338 e. The minimum atomic E-state index is 0.634. The number of fused-ring (bicyclic) bond motifs is 1. The van der Waals surface area contributed by atoms with Gasteiger partial charge in [-0.2, -0.15) is 10.4 Å². The van der Waals surface area contributed by atoms with Crippen molar-refractivity contribution < 1.29 is 0 Å². The molecule has 0 fully saturated rings. The molecule has 0 saturated carbocycles. The summed E-state index contributed by atoms with van der Waals surface area (Å²) in [5.41, 5.74) is 1.51. The highest BCUT2D eigenvalue weighted by atomic mass is 15.2. The number of hydrogen-bond donors (Lipinski definition) is 1. The van der Waals surface area contributed by atoms with Crippen LogP contribution >= 0.6 is 0 Å². The Morgan fingerprint density at radius 3 is 2.58 bits per heavy atom. The minimum absolute atomic E-state index is 0.634. The van der Waals surface area contributed by atoms with Crippen molar-refractivity contribution in [3.8, 4) is 6.07 Å². The van der Waals surface area contributed by atoms with E-state index < -0.39 is 0 Å². The van der Waals surface area contributed by atoms with Crippen molar-refractivity contribution in [2.45, 2.75) is 0 Å². The first-order valence-electron chi connectivity index (χ1n) is 5.84. The first-order chi connectivity index (χ1) is 9.36. The molecule has 0 aliphatic rings. The van der Waals surface area contributed by atoms with Crippen molar-refractivity contribution in [1.29, 1.82) is 5.26 Å². The highest BCUT2D eigenvalue weighted by Gasteiger charge is 2.03. The van der Waals surface area contributed by atoms with Gasteiger partial charge in [0.15, 0.2) is 5.82 Å². The quantitative estimate of drug-likeness (QED) is 0.754. The lowest BCUT2D eigenvalue weighted by Gasteiger charge is -2.07. The zero-order valence-electron chi connectivity index (χ0n) is 10.0. The van der Waals surface area contributed by atoms with Crippen LogP contribution in [0.2, 0.25) is 0 Å². The number of nitrogens with one attached hydrogen (secondary N) is 1.